The molecular weight excluding hydrogens is 260 g/mol. The van der Waals surface area contributed by atoms with E-state index in [2.05, 4.69) is 4.72 Å². The third-order valence-electron chi connectivity index (χ3n) is 3.68. The van der Waals surface area contributed by atoms with Crippen LogP contribution < -0.4 is 10.5 Å². The van der Waals surface area contributed by atoms with Gasteiger partial charge in [0.1, 0.15) is 0 Å². The summed E-state index contributed by atoms with van der Waals surface area (Å²) in [6, 6.07) is 3.59. The lowest BCUT2D eigenvalue weighted by Gasteiger charge is -2.12. The number of sulfonamides is 1. The van der Waals surface area contributed by atoms with Crippen molar-refractivity contribution in [3.05, 3.63) is 28.8 Å². The minimum atomic E-state index is -3.41. The van der Waals surface area contributed by atoms with Crippen molar-refractivity contribution >= 4 is 10.0 Å². The first-order valence-electron chi connectivity index (χ1n) is 6.74. The Morgan fingerprint density at radius 2 is 1.95 bits per heavy atom. The third kappa shape index (κ3) is 3.55. The molecule has 19 heavy (non-hydrogen) atoms. The second-order valence-electron chi connectivity index (χ2n) is 5.38. The minimum Gasteiger partial charge on any atom is -0.326 e. The van der Waals surface area contributed by atoms with Crippen molar-refractivity contribution in [3.8, 4) is 0 Å². The van der Waals surface area contributed by atoms with E-state index in [0.29, 0.717) is 18.0 Å². The van der Waals surface area contributed by atoms with Crippen LogP contribution in [0.1, 0.15) is 36.0 Å². The van der Waals surface area contributed by atoms with Gasteiger partial charge in [-0.05, 0) is 48.9 Å². The van der Waals surface area contributed by atoms with E-state index < -0.39 is 10.0 Å². The summed E-state index contributed by atoms with van der Waals surface area (Å²) < 4.78 is 27.3. The van der Waals surface area contributed by atoms with Crippen LogP contribution in [0.4, 0.5) is 0 Å². The molecule has 0 saturated heterocycles. The number of benzene rings is 1. The minimum absolute atomic E-state index is 0.356. The maximum Gasteiger partial charge on any atom is 0.240 e. The highest BCUT2D eigenvalue weighted by Crippen LogP contribution is 2.32. The summed E-state index contributed by atoms with van der Waals surface area (Å²) in [6.07, 6.45) is 3.42. The molecule has 106 valence electrons. The standard InChI is InChI=1S/C14H22N2O2S/c1-10-7-11(2)14(8-13(10)9-15)19(17,18)16-6-5-12-3-4-12/h7-8,12,16H,3-6,9,15H2,1-2H3. The fraction of sp³-hybridized carbons (Fsp3) is 0.571. The smallest absolute Gasteiger partial charge is 0.240 e. The van der Waals surface area contributed by atoms with Gasteiger partial charge in [-0.2, -0.15) is 0 Å². The quantitative estimate of drug-likeness (QED) is 0.836. The van der Waals surface area contributed by atoms with Gasteiger partial charge >= 0.3 is 0 Å². The van der Waals surface area contributed by atoms with Gasteiger partial charge in [-0.25, -0.2) is 13.1 Å². The molecule has 1 aromatic carbocycles. The normalized spacial score (nSPS) is 15.7. The highest BCUT2D eigenvalue weighted by molar-refractivity contribution is 7.89. The van der Waals surface area contributed by atoms with Gasteiger partial charge in [-0.3, -0.25) is 0 Å². The molecule has 2 rings (SSSR count). The Morgan fingerprint density at radius 3 is 2.53 bits per heavy atom. The number of hydrogen-bond donors (Lipinski definition) is 2. The summed E-state index contributed by atoms with van der Waals surface area (Å²) in [5, 5.41) is 0. The van der Waals surface area contributed by atoms with Gasteiger partial charge in [-0.15, -0.1) is 0 Å². The average Bonchev–Trinajstić information content (AvgIpc) is 3.12. The van der Waals surface area contributed by atoms with Crippen LogP contribution in [0.15, 0.2) is 17.0 Å². The molecule has 4 nitrogen and oxygen atoms in total. The molecule has 3 N–H and O–H groups in total. The lowest BCUT2D eigenvalue weighted by molar-refractivity contribution is 0.574. The fourth-order valence-electron chi connectivity index (χ4n) is 2.27. The lowest BCUT2D eigenvalue weighted by Crippen LogP contribution is -2.26. The Hall–Kier alpha value is -0.910. The zero-order valence-corrected chi connectivity index (χ0v) is 12.4. The van der Waals surface area contributed by atoms with Gasteiger partial charge in [-0.1, -0.05) is 18.9 Å². The number of hydrogen-bond acceptors (Lipinski definition) is 3. The van der Waals surface area contributed by atoms with Crippen molar-refractivity contribution in [1.82, 2.24) is 4.72 Å². The molecule has 0 aromatic heterocycles. The monoisotopic (exact) mass is 282 g/mol. The highest BCUT2D eigenvalue weighted by Gasteiger charge is 2.23. The molecule has 0 atom stereocenters. The molecule has 1 aliphatic rings. The van der Waals surface area contributed by atoms with Gasteiger partial charge in [0.05, 0.1) is 4.90 Å². The van der Waals surface area contributed by atoms with Crippen molar-refractivity contribution in [2.75, 3.05) is 6.54 Å². The van der Waals surface area contributed by atoms with E-state index in [1.165, 1.54) is 12.8 Å². The molecule has 5 heteroatoms. The molecule has 0 heterocycles. The van der Waals surface area contributed by atoms with Crippen molar-refractivity contribution in [2.24, 2.45) is 11.7 Å². The van der Waals surface area contributed by atoms with Gasteiger partial charge in [0.2, 0.25) is 10.0 Å². The Bertz CT molecular complexity index is 563. The summed E-state index contributed by atoms with van der Waals surface area (Å²) in [6.45, 7) is 4.66. The van der Waals surface area contributed by atoms with Crippen molar-refractivity contribution in [2.45, 2.75) is 44.6 Å². The maximum absolute atomic E-state index is 12.3. The van der Waals surface area contributed by atoms with Crippen LogP contribution in [0.25, 0.3) is 0 Å². The van der Waals surface area contributed by atoms with E-state index >= 15 is 0 Å². The van der Waals surface area contributed by atoms with E-state index in [1.807, 2.05) is 19.9 Å². The number of rotatable bonds is 6. The van der Waals surface area contributed by atoms with Gasteiger partial charge in [0, 0.05) is 13.1 Å². The lowest BCUT2D eigenvalue weighted by atomic mass is 10.1. The molecule has 0 amide bonds. The largest absolute Gasteiger partial charge is 0.326 e. The van der Waals surface area contributed by atoms with E-state index in [-0.39, 0.29) is 0 Å². The molecule has 0 radical (unpaired) electrons. The number of nitrogens with one attached hydrogen (secondary N) is 1. The maximum atomic E-state index is 12.3. The number of aryl methyl sites for hydroxylation is 2. The molecule has 1 fully saturated rings. The van der Waals surface area contributed by atoms with Crippen LogP contribution in [0.5, 0.6) is 0 Å². The van der Waals surface area contributed by atoms with Crippen LogP contribution in [0.2, 0.25) is 0 Å². The molecule has 1 aliphatic carbocycles. The molecule has 0 unspecified atom stereocenters. The van der Waals surface area contributed by atoms with Crippen molar-refractivity contribution < 1.29 is 8.42 Å². The van der Waals surface area contributed by atoms with Gasteiger partial charge in [0.15, 0.2) is 0 Å². The zero-order chi connectivity index (χ0) is 14.0. The molecular formula is C14H22N2O2S. The van der Waals surface area contributed by atoms with Crippen LogP contribution in [0.3, 0.4) is 0 Å². The first-order valence-corrected chi connectivity index (χ1v) is 8.22. The summed E-state index contributed by atoms with van der Waals surface area (Å²) in [4.78, 5) is 0.356. The fourth-order valence-corrected chi connectivity index (χ4v) is 3.59. The average molecular weight is 282 g/mol. The second kappa shape index (κ2) is 5.61. The molecule has 0 aliphatic heterocycles. The van der Waals surface area contributed by atoms with E-state index in [9.17, 15) is 8.42 Å². The summed E-state index contributed by atoms with van der Waals surface area (Å²) >= 11 is 0. The summed E-state index contributed by atoms with van der Waals surface area (Å²) in [5.74, 6) is 0.724. The summed E-state index contributed by atoms with van der Waals surface area (Å²) in [5.41, 5.74) is 8.34. The van der Waals surface area contributed by atoms with Gasteiger partial charge < -0.3 is 5.73 Å². The van der Waals surface area contributed by atoms with E-state index in [4.69, 9.17) is 5.73 Å². The summed E-state index contributed by atoms with van der Waals surface area (Å²) in [7, 11) is -3.41. The highest BCUT2D eigenvalue weighted by atomic mass is 32.2. The Labute approximate surface area is 115 Å². The first-order chi connectivity index (χ1) is 8.94. The second-order valence-corrected chi connectivity index (χ2v) is 7.11. The Kier molecular flexibility index (Phi) is 4.28. The zero-order valence-electron chi connectivity index (χ0n) is 11.6. The number of nitrogens with two attached hydrogens (primary N) is 1. The third-order valence-corrected chi connectivity index (χ3v) is 5.29. The van der Waals surface area contributed by atoms with E-state index in [1.54, 1.807) is 6.07 Å². The van der Waals surface area contributed by atoms with Gasteiger partial charge in [0.25, 0.3) is 0 Å². The van der Waals surface area contributed by atoms with Crippen molar-refractivity contribution in [1.29, 1.82) is 0 Å². The predicted octanol–water partition coefficient (Wildman–Crippen LogP) is 1.84. The van der Waals surface area contributed by atoms with Crippen LogP contribution in [0, 0.1) is 19.8 Å². The van der Waals surface area contributed by atoms with Crippen LogP contribution in [-0.4, -0.2) is 15.0 Å². The molecule has 1 saturated carbocycles. The molecule has 0 spiro atoms. The Balaban J connectivity index is 2.17. The Morgan fingerprint density at radius 1 is 1.26 bits per heavy atom. The van der Waals surface area contributed by atoms with Crippen molar-refractivity contribution in [3.63, 3.8) is 0 Å². The van der Waals surface area contributed by atoms with E-state index in [0.717, 1.165) is 29.0 Å². The first kappa shape index (κ1) is 14.5. The molecule has 1 aromatic rings. The SMILES string of the molecule is Cc1cc(C)c(S(=O)(=O)NCCC2CC2)cc1CN. The van der Waals surface area contributed by atoms with Crippen LogP contribution >= 0.6 is 0 Å². The molecule has 0 bridgehead atoms. The predicted molar refractivity (Wildman–Crippen MR) is 76.3 cm³/mol. The topological polar surface area (TPSA) is 72.2 Å². The van der Waals surface area contributed by atoms with Crippen LogP contribution in [-0.2, 0) is 16.6 Å².